The number of aromatic amines is 1. The second kappa shape index (κ2) is 7.02. The maximum atomic E-state index is 14.0. The van der Waals surface area contributed by atoms with Crippen LogP contribution in [0, 0.1) is 11.2 Å². The topological polar surface area (TPSA) is 79.0 Å². The Labute approximate surface area is 168 Å². The minimum atomic E-state index is -0.413. The Morgan fingerprint density at radius 1 is 1.10 bits per heavy atom. The van der Waals surface area contributed by atoms with Crippen LogP contribution < -0.4 is 15.0 Å². The fourth-order valence-corrected chi connectivity index (χ4v) is 3.93. The molecule has 1 spiro atoms. The summed E-state index contributed by atoms with van der Waals surface area (Å²) in [5.74, 6) is 1.84. The highest BCUT2D eigenvalue weighted by molar-refractivity contribution is 5.66. The van der Waals surface area contributed by atoms with Crippen LogP contribution in [0.5, 0.6) is 5.75 Å². The van der Waals surface area contributed by atoms with Crippen molar-refractivity contribution in [1.29, 1.82) is 0 Å². The van der Waals surface area contributed by atoms with Crippen LogP contribution in [0.3, 0.4) is 0 Å². The average Bonchev–Trinajstić information content (AvgIpc) is 3.33. The van der Waals surface area contributed by atoms with Crippen molar-refractivity contribution in [1.82, 2.24) is 20.2 Å². The van der Waals surface area contributed by atoms with E-state index in [0.717, 1.165) is 19.0 Å². The van der Waals surface area contributed by atoms with Crippen LogP contribution in [0.1, 0.15) is 25.7 Å². The van der Waals surface area contributed by atoms with Crippen molar-refractivity contribution in [3.05, 3.63) is 42.3 Å². The summed E-state index contributed by atoms with van der Waals surface area (Å²) in [6.07, 6.45) is 6.98. The van der Waals surface area contributed by atoms with Gasteiger partial charge < -0.3 is 15.0 Å². The van der Waals surface area contributed by atoms with Gasteiger partial charge in [0.1, 0.15) is 5.82 Å². The highest BCUT2D eigenvalue weighted by Gasteiger charge is 2.44. The monoisotopic (exact) mass is 394 g/mol. The third-order valence-electron chi connectivity index (χ3n) is 6.00. The maximum absolute atomic E-state index is 14.0. The first kappa shape index (κ1) is 17.9. The number of aromatic nitrogens is 4. The van der Waals surface area contributed by atoms with Gasteiger partial charge in [0.25, 0.3) is 0 Å². The zero-order valence-electron chi connectivity index (χ0n) is 16.3. The van der Waals surface area contributed by atoms with Gasteiger partial charge in [0.2, 0.25) is 5.95 Å². The molecule has 1 aromatic carbocycles. The zero-order chi connectivity index (χ0) is 19.8. The average molecular weight is 394 g/mol. The number of piperidine rings is 1. The first-order valence-corrected chi connectivity index (χ1v) is 9.89. The molecule has 0 atom stereocenters. The van der Waals surface area contributed by atoms with Crippen molar-refractivity contribution in [3.8, 4) is 17.0 Å². The zero-order valence-corrected chi connectivity index (χ0v) is 16.3. The number of benzene rings is 1. The third kappa shape index (κ3) is 3.62. The number of nitrogens with one attached hydrogen (secondary N) is 2. The molecule has 2 N–H and O–H groups in total. The molecule has 0 bridgehead atoms. The first-order valence-electron chi connectivity index (χ1n) is 9.89. The Balaban J connectivity index is 1.29. The summed E-state index contributed by atoms with van der Waals surface area (Å²) in [5.41, 5.74) is 2.02. The van der Waals surface area contributed by atoms with Crippen LogP contribution in [-0.2, 0) is 0 Å². The minimum Gasteiger partial charge on any atom is -0.494 e. The summed E-state index contributed by atoms with van der Waals surface area (Å²) in [6, 6.07) is 8.44. The first-order chi connectivity index (χ1) is 14.1. The van der Waals surface area contributed by atoms with E-state index in [0.29, 0.717) is 28.3 Å². The number of rotatable bonds is 5. The van der Waals surface area contributed by atoms with Gasteiger partial charge in [-0.15, -0.1) is 0 Å². The van der Waals surface area contributed by atoms with Gasteiger partial charge in [-0.2, -0.15) is 10.1 Å². The van der Waals surface area contributed by atoms with E-state index in [-0.39, 0.29) is 5.75 Å². The molecule has 7 nitrogen and oxygen atoms in total. The molecule has 2 fully saturated rings. The number of methoxy groups -OCH3 is 1. The lowest BCUT2D eigenvalue weighted by Crippen LogP contribution is -2.35. The van der Waals surface area contributed by atoms with E-state index in [9.17, 15) is 4.39 Å². The standard InChI is InChI=1S/C21H23FN6O/c1-29-17-3-2-14(12-15(17)22)16-13-19(27-26-16)24-18-4-9-23-20(25-18)28-10-7-21(5-6-21)8-11-28/h2-4,9,12-13H,5-8,10-11H2,1H3,(H2,23,24,25,26,27). The molecule has 0 unspecified atom stereocenters. The number of nitrogens with zero attached hydrogens (tertiary/aromatic N) is 4. The fourth-order valence-electron chi connectivity index (χ4n) is 3.93. The fraction of sp³-hybridized carbons (Fsp3) is 0.381. The van der Waals surface area contributed by atoms with Crippen molar-refractivity contribution in [2.24, 2.45) is 5.41 Å². The molecule has 150 valence electrons. The molecule has 3 aromatic rings. The third-order valence-corrected chi connectivity index (χ3v) is 6.00. The molecule has 2 aliphatic rings. The van der Waals surface area contributed by atoms with Crippen molar-refractivity contribution in [2.45, 2.75) is 25.7 Å². The molecule has 29 heavy (non-hydrogen) atoms. The Morgan fingerprint density at radius 3 is 2.66 bits per heavy atom. The molecule has 0 amide bonds. The van der Waals surface area contributed by atoms with E-state index in [2.05, 4.69) is 30.4 Å². The van der Waals surface area contributed by atoms with Crippen LogP contribution in [0.4, 0.5) is 22.0 Å². The number of anilines is 3. The van der Waals surface area contributed by atoms with E-state index in [1.54, 1.807) is 18.3 Å². The summed E-state index contributed by atoms with van der Waals surface area (Å²) in [6.45, 7) is 2.03. The highest BCUT2D eigenvalue weighted by atomic mass is 19.1. The Kier molecular flexibility index (Phi) is 4.34. The lowest BCUT2D eigenvalue weighted by atomic mass is 9.94. The summed E-state index contributed by atoms with van der Waals surface area (Å²) in [4.78, 5) is 11.4. The van der Waals surface area contributed by atoms with Crippen molar-refractivity contribution < 1.29 is 9.13 Å². The molecule has 1 saturated carbocycles. The van der Waals surface area contributed by atoms with Crippen molar-refractivity contribution >= 4 is 17.6 Å². The van der Waals surface area contributed by atoms with Crippen molar-refractivity contribution in [3.63, 3.8) is 0 Å². The van der Waals surface area contributed by atoms with Gasteiger partial charge in [0, 0.05) is 30.9 Å². The van der Waals surface area contributed by atoms with Gasteiger partial charge in [0.15, 0.2) is 17.4 Å². The van der Waals surface area contributed by atoms with Crippen LogP contribution >= 0.6 is 0 Å². The van der Waals surface area contributed by atoms with Gasteiger partial charge in [-0.1, -0.05) is 0 Å². The normalized spacial score (nSPS) is 17.4. The molecular weight excluding hydrogens is 371 g/mol. The highest BCUT2D eigenvalue weighted by Crippen LogP contribution is 2.53. The molecule has 0 radical (unpaired) electrons. The van der Waals surface area contributed by atoms with Gasteiger partial charge in [0.05, 0.1) is 12.8 Å². The molecular formula is C21H23FN6O. The second-order valence-electron chi connectivity index (χ2n) is 7.87. The quantitative estimate of drug-likeness (QED) is 0.677. The van der Waals surface area contributed by atoms with Crippen LogP contribution in [0.15, 0.2) is 36.5 Å². The summed E-state index contributed by atoms with van der Waals surface area (Å²) in [7, 11) is 1.44. The van der Waals surface area contributed by atoms with Gasteiger partial charge >= 0.3 is 0 Å². The number of ether oxygens (including phenoxy) is 1. The van der Waals surface area contributed by atoms with E-state index in [1.165, 1.54) is 38.9 Å². The van der Waals surface area contributed by atoms with Gasteiger partial charge in [-0.05, 0) is 55.4 Å². The summed E-state index contributed by atoms with van der Waals surface area (Å²) < 4.78 is 18.9. The maximum Gasteiger partial charge on any atom is 0.227 e. The molecule has 1 saturated heterocycles. The van der Waals surface area contributed by atoms with Gasteiger partial charge in [-0.3, -0.25) is 5.10 Å². The molecule has 1 aliphatic carbocycles. The lowest BCUT2D eigenvalue weighted by Gasteiger charge is -2.32. The van der Waals surface area contributed by atoms with Crippen LogP contribution in [0.2, 0.25) is 0 Å². The van der Waals surface area contributed by atoms with Gasteiger partial charge in [-0.25, -0.2) is 9.37 Å². The van der Waals surface area contributed by atoms with E-state index < -0.39 is 5.82 Å². The molecule has 2 aromatic heterocycles. The number of H-pyrrole nitrogens is 1. The van der Waals surface area contributed by atoms with Crippen LogP contribution in [0.25, 0.3) is 11.3 Å². The van der Waals surface area contributed by atoms with Crippen molar-refractivity contribution in [2.75, 3.05) is 30.4 Å². The Morgan fingerprint density at radius 2 is 1.93 bits per heavy atom. The molecule has 3 heterocycles. The van der Waals surface area contributed by atoms with E-state index in [1.807, 2.05) is 12.1 Å². The summed E-state index contributed by atoms with van der Waals surface area (Å²) >= 11 is 0. The Hall–Kier alpha value is -3.16. The van der Waals surface area contributed by atoms with E-state index in [4.69, 9.17) is 4.74 Å². The molecule has 1 aliphatic heterocycles. The predicted octanol–water partition coefficient (Wildman–Crippen LogP) is 4.14. The second-order valence-corrected chi connectivity index (χ2v) is 7.87. The van der Waals surface area contributed by atoms with E-state index >= 15 is 0 Å². The van der Waals surface area contributed by atoms with Crippen LogP contribution in [-0.4, -0.2) is 40.4 Å². The smallest absolute Gasteiger partial charge is 0.227 e. The molecule has 8 heteroatoms. The minimum absolute atomic E-state index is 0.213. The number of hydrogen-bond acceptors (Lipinski definition) is 6. The number of hydrogen-bond donors (Lipinski definition) is 2. The number of halogens is 1. The summed E-state index contributed by atoms with van der Waals surface area (Å²) in [5, 5.41) is 10.4. The predicted molar refractivity (Wildman–Crippen MR) is 109 cm³/mol. The lowest BCUT2D eigenvalue weighted by molar-refractivity contribution is 0.381. The molecule has 5 rings (SSSR count). The SMILES string of the molecule is COc1ccc(-c2cc(Nc3ccnc(N4CCC5(CC4)CC5)n3)n[nH]2)cc1F. The largest absolute Gasteiger partial charge is 0.494 e. The Bertz CT molecular complexity index is 1020.